The molecule has 0 heterocycles. The number of rotatable bonds is 4. The Kier molecular flexibility index (Phi) is 4.10. The normalized spacial score (nSPS) is 17.2. The van der Waals surface area contributed by atoms with E-state index in [0.717, 1.165) is 42.7 Å². The van der Waals surface area contributed by atoms with Crippen LogP contribution in [0.25, 0.3) is 0 Å². The van der Waals surface area contributed by atoms with Gasteiger partial charge in [-0.25, -0.2) is 0 Å². The molecular weight excluding hydrogens is 240 g/mol. The number of amides is 1. The summed E-state index contributed by atoms with van der Waals surface area (Å²) in [7, 11) is 1.64. The summed E-state index contributed by atoms with van der Waals surface area (Å²) in [4.78, 5) is 12.4. The van der Waals surface area contributed by atoms with Gasteiger partial charge in [-0.05, 0) is 43.5 Å². The molecule has 1 aliphatic carbocycles. The zero-order valence-corrected chi connectivity index (χ0v) is 11.7. The largest absolute Gasteiger partial charge is 0.496 e. The lowest BCUT2D eigenvalue weighted by atomic mass is 9.85. The molecule has 4 heteroatoms. The summed E-state index contributed by atoms with van der Waals surface area (Å²) in [6, 6.07) is 5.66. The van der Waals surface area contributed by atoms with Gasteiger partial charge in [0.15, 0.2) is 0 Å². The van der Waals surface area contributed by atoms with Gasteiger partial charge in [-0.1, -0.05) is 12.8 Å². The number of ether oxygens (including phenoxy) is 1. The minimum absolute atomic E-state index is 0.0528. The van der Waals surface area contributed by atoms with E-state index in [9.17, 15) is 4.79 Å². The average Bonchev–Trinajstić information content (AvgIpc) is 2.89. The molecule has 1 aliphatic rings. The maximum Gasteiger partial charge on any atom is 0.231 e. The third kappa shape index (κ3) is 2.73. The number of nitrogens with two attached hydrogens (primary N) is 1. The minimum atomic E-state index is -0.367. The number of benzene rings is 1. The van der Waals surface area contributed by atoms with Crippen molar-refractivity contribution in [3.05, 3.63) is 23.8 Å². The highest BCUT2D eigenvalue weighted by Crippen LogP contribution is 2.38. The number of carbonyl (C=O) groups excluding carboxylic acids is 1. The van der Waals surface area contributed by atoms with E-state index < -0.39 is 0 Å². The van der Waals surface area contributed by atoms with E-state index in [-0.39, 0.29) is 11.3 Å². The molecule has 0 unspecified atom stereocenters. The van der Waals surface area contributed by atoms with Crippen molar-refractivity contribution in [1.82, 2.24) is 0 Å². The molecule has 0 radical (unpaired) electrons. The summed E-state index contributed by atoms with van der Waals surface area (Å²) in [6.45, 7) is 2.39. The van der Waals surface area contributed by atoms with E-state index in [4.69, 9.17) is 10.5 Å². The summed E-state index contributed by atoms with van der Waals surface area (Å²) in [5, 5.41) is 2.99. The Morgan fingerprint density at radius 1 is 1.42 bits per heavy atom. The van der Waals surface area contributed by atoms with Crippen molar-refractivity contribution < 1.29 is 9.53 Å². The minimum Gasteiger partial charge on any atom is -0.496 e. The van der Waals surface area contributed by atoms with E-state index in [0.29, 0.717) is 6.54 Å². The smallest absolute Gasteiger partial charge is 0.231 e. The lowest BCUT2D eigenvalue weighted by Crippen LogP contribution is -2.40. The Bertz CT molecular complexity index is 465. The lowest BCUT2D eigenvalue weighted by molar-refractivity contribution is -0.124. The second-order valence-electron chi connectivity index (χ2n) is 5.33. The third-order valence-corrected chi connectivity index (χ3v) is 4.09. The maximum absolute atomic E-state index is 12.4. The Balaban J connectivity index is 2.12. The first kappa shape index (κ1) is 13.9. The van der Waals surface area contributed by atoms with Crippen LogP contribution in [0.1, 0.15) is 31.2 Å². The molecule has 0 aromatic heterocycles. The predicted octanol–water partition coefficient (Wildman–Crippen LogP) is 2.46. The molecule has 104 valence electrons. The zero-order valence-electron chi connectivity index (χ0n) is 11.7. The maximum atomic E-state index is 12.4. The van der Waals surface area contributed by atoms with Crippen molar-refractivity contribution >= 4 is 11.6 Å². The van der Waals surface area contributed by atoms with Crippen molar-refractivity contribution in [2.75, 3.05) is 19.0 Å². The molecule has 0 aliphatic heterocycles. The van der Waals surface area contributed by atoms with Crippen LogP contribution in [-0.2, 0) is 4.79 Å². The Morgan fingerprint density at radius 2 is 2.11 bits per heavy atom. The molecule has 0 atom stereocenters. The molecule has 0 saturated heterocycles. The van der Waals surface area contributed by atoms with Crippen LogP contribution in [0, 0.1) is 12.3 Å². The van der Waals surface area contributed by atoms with Gasteiger partial charge < -0.3 is 15.8 Å². The highest BCUT2D eigenvalue weighted by Gasteiger charge is 2.39. The van der Waals surface area contributed by atoms with Crippen molar-refractivity contribution in [1.29, 1.82) is 0 Å². The number of hydrogen-bond donors (Lipinski definition) is 2. The molecule has 1 aromatic carbocycles. The van der Waals surface area contributed by atoms with Gasteiger partial charge in [-0.2, -0.15) is 0 Å². The second kappa shape index (κ2) is 5.61. The van der Waals surface area contributed by atoms with Gasteiger partial charge >= 0.3 is 0 Å². The molecule has 4 nitrogen and oxygen atoms in total. The van der Waals surface area contributed by atoms with Gasteiger partial charge in [0.1, 0.15) is 5.75 Å². The van der Waals surface area contributed by atoms with E-state index in [1.807, 2.05) is 25.1 Å². The van der Waals surface area contributed by atoms with Gasteiger partial charge in [0.05, 0.1) is 12.5 Å². The van der Waals surface area contributed by atoms with Crippen LogP contribution < -0.4 is 15.8 Å². The molecule has 1 amide bonds. The quantitative estimate of drug-likeness (QED) is 0.876. The van der Waals surface area contributed by atoms with E-state index in [2.05, 4.69) is 5.32 Å². The molecule has 0 bridgehead atoms. The number of methoxy groups -OCH3 is 1. The van der Waals surface area contributed by atoms with E-state index in [1.165, 1.54) is 0 Å². The number of carbonyl (C=O) groups is 1. The first-order chi connectivity index (χ1) is 9.11. The molecule has 0 spiro atoms. The van der Waals surface area contributed by atoms with E-state index in [1.54, 1.807) is 7.11 Å². The molecule has 2 rings (SSSR count). The van der Waals surface area contributed by atoms with Gasteiger partial charge in [0, 0.05) is 12.2 Å². The van der Waals surface area contributed by atoms with Crippen LogP contribution >= 0.6 is 0 Å². The Labute approximate surface area is 114 Å². The summed E-state index contributed by atoms with van der Waals surface area (Å²) in [5.74, 6) is 0.879. The van der Waals surface area contributed by atoms with E-state index >= 15 is 0 Å². The van der Waals surface area contributed by atoms with Crippen LogP contribution in [0.2, 0.25) is 0 Å². The Morgan fingerprint density at radius 3 is 2.63 bits per heavy atom. The fourth-order valence-electron chi connectivity index (χ4n) is 2.80. The topological polar surface area (TPSA) is 64.3 Å². The van der Waals surface area contributed by atoms with Gasteiger partial charge in [0.25, 0.3) is 0 Å². The van der Waals surface area contributed by atoms with Gasteiger partial charge in [0.2, 0.25) is 5.91 Å². The van der Waals surface area contributed by atoms with Crippen molar-refractivity contribution in [2.24, 2.45) is 11.1 Å². The lowest BCUT2D eigenvalue weighted by Gasteiger charge is -2.25. The number of nitrogens with one attached hydrogen (secondary N) is 1. The monoisotopic (exact) mass is 262 g/mol. The van der Waals surface area contributed by atoms with Crippen LogP contribution in [0.5, 0.6) is 5.75 Å². The fourth-order valence-corrected chi connectivity index (χ4v) is 2.80. The summed E-state index contributed by atoms with van der Waals surface area (Å²) < 4.78 is 5.21. The number of anilines is 1. The molecular formula is C15H22N2O2. The molecule has 1 fully saturated rings. The summed E-state index contributed by atoms with van der Waals surface area (Å²) in [6.07, 6.45) is 3.97. The SMILES string of the molecule is COc1ccc(NC(=O)C2(CN)CCCC2)cc1C. The molecule has 3 N–H and O–H groups in total. The highest BCUT2D eigenvalue weighted by atomic mass is 16.5. The Hall–Kier alpha value is -1.55. The predicted molar refractivity (Wildman–Crippen MR) is 76.3 cm³/mol. The van der Waals surface area contributed by atoms with Crippen molar-refractivity contribution in [3.63, 3.8) is 0 Å². The molecule has 1 aromatic rings. The zero-order chi connectivity index (χ0) is 13.9. The summed E-state index contributed by atoms with van der Waals surface area (Å²) >= 11 is 0. The van der Waals surface area contributed by atoms with Crippen LogP contribution in [0.15, 0.2) is 18.2 Å². The highest BCUT2D eigenvalue weighted by molar-refractivity contribution is 5.95. The standard InChI is InChI=1S/C15H22N2O2/c1-11-9-12(5-6-13(11)19-2)17-14(18)15(10-16)7-3-4-8-15/h5-6,9H,3-4,7-8,10,16H2,1-2H3,(H,17,18). The fraction of sp³-hybridized carbons (Fsp3) is 0.533. The summed E-state index contributed by atoms with van der Waals surface area (Å²) in [5.41, 5.74) is 7.27. The number of hydrogen-bond acceptors (Lipinski definition) is 3. The molecule has 19 heavy (non-hydrogen) atoms. The second-order valence-corrected chi connectivity index (χ2v) is 5.33. The van der Waals surface area contributed by atoms with Crippen LogP contribution in [0.4, 0.5) is 5.69 Å². The first-order valence-electron chi connectivity index (χ1n) is 6.77. The van der Waals surface area contributed by atoms with Gasteiger partial charge in [-0.3, -0.25) is 4.79 Å². The number of aryl methyl sites for hydroxylation is 1. The average molecular weight is 262 g/mol. The first-order valence-corrected chi connectivity index (χ1v) is 6.77. The third-order valence-electron chi connectivity index (χ3n) is 4.09. The van der Waals surface area contributed by atoms with Gasteiger partial charge in [-0.15, -0.1) is 0 Å². The van der Waals surface area contributed by atoms with Crippen LogP contribution in [0.3, 0.4) is 0 Å². The molecule has 1 saturated carbocycles. The van der Waals surface area contributed by atoms with Crippen molar-refractivity contribution in [3.8, 4) is 5.75 Å². The van der Waals surface area contributed by atoms with Crippen molar-refractivity contribution in [2.45, 2.75) is 32.6 Å². The van der Waals surface area contributed by atoms with Crippen LogP contribution in [-0.4, -0.2) is 19.6 Å².